The van der Waals surface area contributed by atoms with Crippen LogP contribution in [0.3, 0.4) is 0 Å². The summed E-state index contributed by atoms with van der Waals surface area (Å²) in [5, 5.41) is 14.2. The quantitative estimate of drug-likeness (QED) is 0.601. The molecule has 1 saturated heterocycles. The number of carboxylic acids is 1. The first-order valence-corrected chi connectivity index (χ1v) is 11.1. The van der Waals surface area contributed by atoms with E-state index in [2.05, 4.69) is 5.10 Å². The van der Waals surface area contributed by atoms with Crippen LogP contribution >= 0.6 is 0 Å². The molecule has 2 aromatic heterocycles. The van der Waals surface area contributed by atoms with Gasteiger partial charge in [0, 0.05) is 37.5 Å². The molecule has 0 unspecified atom stereocenters. The molecule has 1 aliphatic heterocycles. The maximum Gasteiger partial charge on any atom is 0.410 e. The smallest absolute Gasteiger partial charge is 0.410 e. The standard InChI is InChI=1S/C25H28N4O5/c1-25(2,3)34-24(33)28-14-19(15-28)22-20(23(31)32)16-29(26-22)13-18-9-7-17(8-10-18)12-27-11-5-4-6-21(27)30/h4-11,16,19H,12-15H2,1-3H3,(H,31,32). The van der Waals surface area contributed by atoms with Crippen molar-refractivity contribution >= 4 is 12.1 Å². The summed E-state index contributed by atoms with van der Waals surface area (Å²) in [5.74, 6) is -1.19. The molecular formula is C25H28N4O5. The Labute approximate surface area is 197 Å². The average molecular weight is 465 g/mol. The van der Waals surface area contributed by atoms with Gasteiger partial charge in [-0.1, -0.05) is 30.3 Å². The summed E-state index contributed by atoms with van der Waals surface area (Å²) in [6.45, 7) is 7.06. The molecule has 1 aliphatic rings. The normalized spacial score (nSPS) is 14.0. The number of aromatic nitrogens is 3. The van der Waals surface area contributed by atoms with Gasteiger partial charge in [0.1, 0.15) is 11.2 Å². The highest BCUT2D eigenvalue weighted by atomic mass is 16.6. The van der Waals surface area contributed by atoms with Crippen LogP contribution in [0.2, 0.25) is 0 Å². The first kappa shape index (κ1) is 23.3. The fourth-order valence-electron chi connectivity index (χ4n) is 3.84. The van der Waals surface area contributed by atoms with Crippen molar-refractivity contribution in [3.8, 4) is 0 Å². The van der Waals surface area contributed by atoms with E-state index in [0.29, 0.717) is 31.9 Å². The van der Waals surface area contributed by atoms with Crippen LogP contribution in [0.4, 0.5) is 4.79 Å². The molecule has 0 aliphatic carbocycles. The van der Waals surface area contributed by atoms with Crippen molar-refractivity contribution in [3.05, 3.63) is 87.6 Å². The van der Waals surface area contributed by atoms with Crippen LogP contribution < -0.4 is 5.56 Å². The number of rotatable bonds is 6. The summed E-state index contributed by atoms with van der Waals surface area (Å²) in [6.07, 6.45) is 2.88. The van der Waals surface area contributed by atoms with E-state index in [1.54, 1.807) is 47.2 Å². The fraction of sp³-hybridized carbons (Fsp3) is 0.360. The Balaban J connectivity index is 1.42. The van der Waals surface area contributed by atoms with Crippen LogP contribution in [0.5, 0.6) is 0 Å². The third kappa shape index (κ3) is 5.36. The second-order valence-electron chi connectivity index (χ2n) is 9.50. The van der Waals surface area contributed by atoms with E-state index in [0.717, 1.165) is 11.1 Å². The molecule has 9 heteroatoms. The SMILES string of the molecule is CC(C)(C)OC(=O)N1CC(c2nn(Cc3ccc(Cn4ccccc4=O)cc3)cc2C(=O)O)C1. The topological polar surface area (TPSA) is 107 Å². The molecule has 9 nitrogen and oxygen atoms in total. The molecule has 178 valence electrons. The summed E-state index contributed by atoms with van der Waals surface area (Å²) in [4.78, 5) is 37.4. The highest BCUT2D eigenvalue weighted by Crippen LogP contribution is 2.30. The summed E-state index contributed by atoms with van der Waals surface area (Å²) in [7, 11) is 0. The van der Waals surface area contributed by atoms with Crippen LogP contribution in [0.15, 0.2) is 59.7 Å². The number of hydrogen-bond acceptors (Lipinski definition) is 5. The zero-order chi connectivity index (χ0) is 24.5. The predicted octanol–water partition coefficient (Wildman–Crippen LogP) is 3.17. The molecule has 0 radical (unpaired) electrons. The van der Waals surface area contributed by atoms with Crippen LogP contribution in [-0.4, -0.2) is 55.1 Å². The fourth-order valence-corrected chi connectivity index (χ4v) is 3.84. The number of pyridine rings is 1. The molecule has 0 bridgehead atoms. The van der Waals surface area contributed by atoms with Crippen molar-refractivity contribution in [3.63, 3.8) is 0 Å². The molecule has 0 saturated carbocycles. The van der Waals surface area contributed by atoms with Crippen molar-refractivity contribution in [1.82, 2.24) is 19.2 Å². The van der Waals surface area contributed by atoms with Gasteiger partial charge in [0.2, 0.25) is 0 Å². The lowest BCUT2D eigenvalue weighted by Gasteiger charge is -2.39. The van der Waals surface area contributed by atoms with Crippen LogP contribution in [0, 0.1) is 0 Å². The third-order valence-electron chi connectivity index (χ3n) is 5.56. The summed E-state index contributed by atoms with van der Waals surface area (Å²) in [6, 6.07) is 12.8. The number of aromatic carboxylic acids is 1. The number of likely N-dealkylation sites (tertiary alicyclic amines) is 1. The van der Waals surface area contributed by atoms with E-state index >= 15 is 0 Å². The maximum atomic E-state index is 12.2. The van der Waals surface area contributed by atoms with Crippen molar-refractivity contribution in [1.29, 1.82) is 0 Å². The van der Waals surface area contributed by atoms with Crippen LogP contribution in [0.25, 0.3) is 0 Å². The molecule has 1 amide bonds. The van der Waals surface area contributed by atoms with Gasteiger partial charge in [0.15, 0.2) is 0 Å². The van der Waals surface area contributed by atoms with Gasteiger partial charge in [-0.05, 0) is 38.0 Å². The Hall–Kier alpha value is -3.88. The largest absolute Gasteiger partial charge is 0.478 e. The highest BCUT2D eigenvalue weighted by molar-refractivity contribution is 5.89. The van der Waals surface area contributed by atoms with Gasteiger partial charge >= 0.3 is 12.1 Å². The van der Waals surface area contributed by atoms with Gasteiger partial charge in [0.05, 0.1) is 18.8 Å². The molecule has 3 aromatic rings. The Morgan fingerprint density at radius 1 is 1.06 bits per heavy atom. The van der Waals surface area contributed by atoms with Crippen molar-refractivity contribution in [2.24, 2.45) is 0 Å². The molecule has 1 fully saturated rings. The minimum absolute atomic E-state index is 0.0573. The number of amides is 1. The van der Waals surface area contributed by atoms with Crippen molar-refractivity contribution in [2.45, 2.75) is 45.4 Å². The lowest BCUT2D eigenvalue weighted by molar-refractivity contribution is 0.00778. The lowest BCUT2D eigenvalue weighted by atomic mass is 9.94. The van der Waals surface area contributed by atoms with E-state index in [9.17, 15) is 19.5 Å². The Kier molecular flexibility index (Phi) is 6.28. The molecule has 1 N–H and O–H groups in total. The zero-order valence-corrected chi connectivity index (χ0v) is 19.5. The lowest BCUT2D eigenvalue weighted by Crippen LogP contribution is -2.50. The molecule has 34 heavy (non-hydrogen) atoms. The van der Waals surface area contributed by atoms with Crippen molar-refractivity contribution < 1.29 is 19.4 Å². The second kappa shape index (κ2) is 9.17. The van der Waals surface area contributed by atoms with E-state index in [1.165, 1.54) is 12.3 Å². The summed E-state index contributed by atoms with van der Waals surface area (Å²) >= 11 is 0. The van der Waals surface area contributed by atoms with Gasteiger partial charge in [-0.25, -0.2) is 9.59 Å². The predicted molar refractivity (Wildman–Crippen MR) is 125 cm³/mol. The number of carbonyl (C=O) groups is 2. The molecule has 4 rings (SSSR count). The third-order valence-corrected chi connectivity index (χ3v) is 5.56. The second-order valence-corrected chi connectivity index (χ2v) is 9.50. The van der Waals surface area contributed by atoms with Gasteiger partial charge in [0.25, 0.3) is 5.56 Å². The Bertz CT molecular complexity index is 1250. The van der Waals surface area contributed by atoms with E-state index in [-0.39, 0.29) is 17.0 Å². The minimum Gasteiger partial charge on any atom is -0.478 e. The molecule has 0 atom stereocenters. The van der Waals surface area contributed by atoms with Crippen molar-refractivity contribution in [2.75, 3.05) is 13.1 Å². The number of carbonyl (C=O) groups excluding carboxylic acids is 1. The first-order valence-electron chi connectivity index (χ1n) is 11.1. The molecule has 1 aromatic carbocycles. The first-order chi connectivity index (χ1) is 16.1. The summed E-state index contributed by atoms with van der Waals surface area (Å²) < 4.78 is 8.62. The van der Waals surface area contributed by atoms with Gasteiger partial charge in [-0.2, -0.15) is 5.10 Å². The number of hydrogen-bond donors (Lipinski definition) is 1. The number of benzene rings is 1. The maximum absolute atomic E-state index is 12.2. The number of ether oxygens (including phenoxy) is 1. The number of carboxylic acid groups (broad SMARTS) is 1. The van der Waals surface area contributed by atoms with Gasteiger partial charge in [-0.3, -0.25) is 9.48 Å². The number of nitrogens with zero attached hydrogens (tertiary/aromatic N) is 4. The molecule has 0 spiro atoms. The van der Waals surface area contributed by atoms with E-state index in [4.69, 9.17) is 4.74 Å². The molecular weight excluding hydrogens is 436 g/mol. The monoisotopic (exact) mass is 464 g/mol. The van der Waals surface area contributed by atoms with Crippen LogP contribution in [0.1, 0.15) is 53.9 Å². The molecule has 3 heterocycles. The van der Waals surface area contributed by atoms with Crippen LogP contribution in [-0.2, 0) is 17.8 Å². The highest BCUT2D eigenvalue weighted by Gasteiger charge is 2.38. The Morgan fingerprint density at radius 2 is 1.71 bits per heavy atom. The van der Waals surface area contributed by atoms with Gasteiger partial charge < -0.3 is 19.3 Å². The Morgan fingerprint density at radius 3 is 2.29 bits per heavy atom. The average Bonchev–Trinajstić information content (AvgIpc) is 3.12. The minimum atomic E-state index is -1.04. The zero-order valence-electron chi connectivity index (χ0n) is 19.5. The van der Waals surface area contributed by atoms with Gasteiger partial charge in [-0.15, -0.1) is 0 Å². The summed E-state index contributed by atoms with van der Waals surface area (Å²) in [5.41, 5.74) is 1.93. The van der Waals surface area contributed by atoms with E-state index < -0.39 is 17.7 Å². The van der Waals surface area contributed by atoms with E-state index in [1.807, 2.05) is 30.3 Å².